The highest BCUT2D eigenvalue weighted by molar-refractivity contribution is 7.99. The van der Waals surface area contributed by atoms with Crippen molar-refractivity contribution in [1.82, 2.24) is 9.97 Å². The summed E-state index contributed by atoms with van der Waals surface area (Å²) >= 11 is 0.959. The smallest absolute Gasteiger partial charge is 0.324 e. The Hall–Kier alpha value is -2.54. The van der Waals surface area contributed by atoms with Gasteiger partial charge >= 0.3 is 6.18 Å². The number of alkyl halides is 3. The largest absolute Gasteiger partial charge is 0.420 e. The lowest BCUT2D eigenvalue weighted by Gasteiger charge is -2.13. The molecule has 3 aromatic rings. The third-order valence-corrected chi connectivity index (χ3v) is 4.42. The van der Waals surface area contributed by atoms with Crippen LogP contribution in [0, 0.1) is 6.92 Å². The molecule has 0 saturated carbocycles. The number of hydrogen-bond donors (Lipinski definition) is 1. The molecule has 0 aliphatic rings. The molecule has 0 aliphatic heterocycles. The molecule has 0 unspecified atom stereocenters. The number of nitrogens with one attached hydrogen (secondary N) is 1. The van der Waals surface area contributed by atoms with Crippen LogP contribution in [0.25, 0.3) is 0 Å². The Morgan fingerprint density at radius 1 is 0.960 bits per heavy atom. The van der Waals surface area contributed by atoms with Gasteiger partial charge in [-0.15, -0.1) is 0 Å². The molecule has 0 radical (unpaired) electrons. The quantitative estimate of drug-likeness (QED) is 0.605. The molecule has 0 saturated heterocycles. The van der Waals surface area contributed by atoms with Gasteiger partial charge in [-0.2, -0.15) is 13.2 Å². The van der Waals surface area contributed by atoms with E-state index in [0.717, 1.165) is 29.2 Å². The van der Waals surface area contributed by atoms with Gasteiger partial charge in [0.25, 0.3) is 0 Å². The second-order valence-corrected chi connectivity index (χ2v) is 6.33. The summed E-state index contributed by atoms with van der Waals surface area (Å²) in [4.78, 5) is 8.59. The van der Waals surface area contributed by atoms with Gasteiger partial charge in [0.15, 0.2) is 0 Å². The van der Waals surface area contributed by atoms with Gasteiger partial charge in [-0.25, -0.2) is 9.97 Å². The van der Waals surface area contributed by atoms with Crippen LogP contribution in [0.15, 0.2) is 70.7 Å². The van der Waals surface area contributed by atoms with Crippen LogP contribution in [0.2, 0.25) is 0 Å². The Balaban J connectivity index is 1.96. The topological polar surface area (TPSA) is 37.8 Å². The lowest BCUT2D eigenvalue weighted by atomic mass is 10.2. The van der Waals surface area contributed by atoms with E-state index in [-0.39, 0.29) is 11.0 Å². The van der Waals surface area contributed by atoms with Gasteiger partial charge in [0.05, 0.1) is 0 Å². The second kappa shape index (κ2) is 7.14. The average molecular weight is 361 g/mol. The predicted molar refractivity (Wildman–Crippen MR) is 92.1 cm³/mol. The highest BCUT2D eigenvalue weighted by Crippen LogP contribution is 2.38. The van der Waals surface area contributed by atoms with Crippen LogP contribution < -0.4 is 5.32 Å². The molecule has 0 atom stereocenters. The highest BCUT2D eigenvalue weighted by Gasteiger charge is 2.35. The van der Waals surface area contributed by atoms with Gasteiger partial charge in [-0.05, 0) is 30.7 Å². The van der Waals surface area contributed by atoms with Crippen molar-refractivity contribution in [3.05, 3.63) is 71.9 Å². The maximum absolute atomic E-state index is 13.3. The van der Waals surface area contributed by atoms with Gasteiger partial charge in [-0.3, -0.25) is 0 Å². The molecular formula is C18H14F3N3S. The van der Waals surface area contributed by atoms with Crippen molar-refractivity contribution >= 4 is 23.4 Å². The first kappa shape index (κ1) is 17.3. The molecule has 0 spiro atoms. The maximum atomic E-state index is 13.3. The molecule has 0 fully saturated rings. The molecule has 1 aromatic heterocycles. The summed E-state index contributed by atoms with van der Waals surface area (Å²) in [6.07, 6.45) is -3.70. The third-order valence-electron chi connectivity index (χ3n) is 3.41. The van der Waals surface area contributed by atoms with Crippen molar-refractivity contribution in [2.45, 2.75) is 23.0 Å². The summed E-state index contributed by atoms with van der Waals surface area (Å²) < 4.78 is 39.8. The summed E-state index contributed by atoms with van der Waals surface area (Å²) in [6.45, 7) is 1.89. The Kier molecular flexibility index (Phi) is 4.94. The van der Waals surface area contributed by atoms with E-state index in [0.29, 0.717) is 4.90 Å². The summed E-state index contributed by atoms with van der Waals surface area (Å²) in [6, 6.07) is 16.2. The van der Waals surface area contributed by atoms with E-state index in [1.54, 1.807) is 30.3 Å². The fraction of sp³-hybridized carbons (Fsp3) is 0.111. The Morgan fingerprint density at radius 2 is 1.64 bits per heavy atom. The van der Waals surface area contributed by atoms with E-state index in [2.05, 4.69) is 15.3 Å². The average Bonchev–Trinajstić information content (AvgIpc) is 2.57. The van der Waals surface area contributed by atoms with Crippen molar-refractivity contribution < 1.29 is 13.2 Å². The van der Waals surface area contributed by atoms with Gasteiger partial charge in [0.2, 0.25) is 5.95 Å². The fourth-order valence-corrected chi connectivity index (χ4v) is 3.06. The van der Waals surface area contributed by atoms with Crippen LogP contribution in [0.1, 0.15) is 11.1 Å². The number of anilines is 2. The van der Waals surface area contributed by atoms with E-state index in [4.69, 9.17) is 0 Å². The van der Waals surface area contributed by atoms with E-state index in [1.165, 1.54) is 0 Å². The van der Waals surface area contributed by atoms with E-state index in [1.807, 2.05) is 31.2 Å². The molecule has 0 aliphatic carbocycles. The third kappa shape index (κ3) is 4.30. The first-order valence-electron chi connectivity index (χ1n) is 7.43. The number of aromatic nitrogens is 2. The van der Waals surface area contributed by atoms with Crippen LogP contribution in [-0.2, 0) is 6.18 Å². The van der Waals surface area contributed by atoms with Gasteiger partial charge in [-0.1, -0.05) is 48.2 Å². The number of nitrogens with zero attached hydrogens (tertiary/aromatic N) is 2. The number of rotatable bonds is 4. The zero-order valence-corrected chi connectivity index (χ0v) is 14.0. The van der Waals surface area contributed by atoms with E-state index in [9.17, 15) is 13.2 Å². The summed E-state index contributed by atoms with van der Waals surface area (Å²) in [5, 5.41) is 2.84. The zero-order chi connectivity index (χ0) is 17.9. The van der Waals surface area contributed by atoms with Crippen molar-refractivity contribution in [3.8, 4) is 0 Å². The SMILES string of the molecule is Cc1ccccc1Nc1ncc(C(F)(F)F)c(Sc2ccccc2)n1. The van der Waals surface area contributed by atoms with Crippen molar-refractivity contribution in [2.24, 2.45) is 0 Å². The van der Waals surface area contributed by atoms with Gasteiger partial charge in [0.1, 0.15) is 10.6 Å². The van der Waals surface area contributed by atoms with Crippen LogP contribution in [0.3, 0.4) is 0 Å². The number of hydrogen-bond acceptors (Lipinski definition) is 4. The van der Waals surface area contributed by atoms with E-state index < -0.39 is 11.7 Å². The predicted octanol–water partition coefficient (Wildman–Crippen LogP) is 5.70. The van der Waals surface area contributed by atoms with Gasteiger partial charge < -0.3 is 5.32 Å². The minimum Gasteiger partial charge on any atom is -0.324 e. The molecule has 7 heteroatoms. The minimum atomic E-state index is -4.52. The van der Waals surface area contributed by atoms with Gasteiger partial charge in [0, 0.05) is 16.8 Å². The lowest BCUT2D eigenvalue weighted by molar-refractivity contribution is -0.140. The Morgan fingerprint density at radius 3 is 2.32 bits per heavy atom. The molecule has 1 heterocycles. The Labute approximate surface area is 147 Å². The lowest BCUT2D eigenvalue weighted by Crippen LogP contribution is -2.10. The number of para-hydroxylation sites is 1. The van der Waals surface area contributed by atoms with Crippen LogP contribution in [0.5, 0.6) is 0 Å². The summed E-state index contributed by atoms with van der Waals surface area (Å²) in [7, 11) is 0. The number of benzene rings is 2. The molecule has 1 N–H and O–H groups in total. The van der Waals surface area contributed by atoms with Crippen LogP contribution >= 0.6 is 11.8 Å². The molecular weight excluding hydrogens is 347 g/mol. The molecule has 2 aromatic carbocycles. The maximum Gasteiger partial charge on any atom is 0.420 e. The molecule has 25 heavy (non-hydrogen) atoms. The highest BCUT2D eigenvalue weighted by atomic mass is 32.2. The second-order valence-electron chi connectivity index (χ2n) is 5.27. The normalized spacial score (nSPS) is 11.4. The summed E-state index contributed by atoms with van der Waals surface area (Å²) in [5.41, 5.74) is 0.845. The monoisotopic (exact) mass is 361 g/mol. The molecule has 0 amide bonds. The first-order chi connectivity index (χ1) is 11.9. The zero-order valence-electron chi connectivity index (χ0n) is 13.2. The van der Waals surface area contributed by atoms with E-state index >= 15 is 0 Å². The summed E-state index contributed by atoms with van der Waals surface area (Å²) in [5.74, 6) is 0.126. The van der Waals surface area contributed by atoms with Crippen LogP contribution in [-0.4, -0.2) is 9.97 Å². The van der Waals surface area contributed by atoms with Crippen molar-refractivity contribution in [2.75, 3.05) is 5.32 Å². The Bertz CT molecular complexity index is 867. The van der Waals surface area contributed by atoms with Crippen molar-refractivity contribution in [1.29, 1.82) is 0 Å². The molecule has 3 rings (SSSR count). The molecule has 0 bridgehead atoms. The number of aryl methyl sites for hydroxylation is 1. The first-order valence-corrected chi connectivity index (χ1v) is 8.25. The van der Waals surface area contributed by atoms with Crippen molar-refractivity contribution in [3.63, 3.8) is 0 Å². The molecule has 3 nitrogen and oxygen atoms in total. The fourth-order valence-electron chi connectivity index (χ4n) is 2.13. The standard InChI is InChI=1S/C18H14F3N3S/c1-12-7-5-6-10-15(12)23-17-22-11-14(18(19,20)21)16(24-17)25-13-8-3-2-4-9-13/h2-11H,1H3,(H,22,23,24). The minimum absolute atomic E-state index is 0.126. The molecule has 128 valence electrons. The van der Waals surface area contributed by atoms with Crippen LogP contribution in [0.4, 0.5) is 24.8 Å². The number of halogens is 3.